The zero-order valence-corrected chi connectivity index (χ0v) is 12.1. The SMILES string of the molecule is CC(CN)CN1CCCN(Cc2ccccc2)CC1. The third kappa shape index (κ3) is 4.94. The molecular weight excluding hydrogens is 234 g/mol. The molecule has 0 aromatic heterocycles. The van der Waals surface area contributed by atoms with Crippen LogP contribution in [0.1, 0.15) is 18.9 Å². The summed E-state index contributed by atoms with van der Waals surface area (Å²) in [4.78, 5) is 5.14. The second kappa shape index (κ2) is 7.63. The van der Waals surface area contributed by atoms with Gasteiger partial charge in [-0.2, -0.15) is 0 Å². The van der Waals surface area contributed by atoms with Gasteiger partial charge >= 0.3 is 0 Å². The van der Waals surface area contributed by atoms with Crippen molar-refractivity contribution in [3.05, 3.63) is 35.9 Å². The largest absolute Gasteiger partial charge is 0.330 e. The van der Waals surface area contributed by atoms with Crippen LogP contribution in [0.5, 0.6) is 0 Å². The molecule has 1 aliphatic heterocycles. The van der Waals surface area contributed by atoms with Crippen LogP contribution in [0, 0.1) is 5.92 Å². The number of hydrogen-bond donors (Lipinski definition) is 1. The van der Waals surface area contributed by atoms with E-state index in [9.17, 15) is 0 Å². The highest BCUT2D eigenvalue weighted by Crippen LogP contribution is 2.10. The van der Waals surface area contributed by atoms with Gasteiger partial charge in [0.25, 0.3) is 0 Å². The second-order valence-electron chi connectivity index (χ2n) is 5.76. The highest BCUT2D eigenvalue weighted by molar-refractivity contribution is 5.14. The van der Waals surface area contributed by atoms with Crippen molar-refractivity contribution in [3.63, 3.8) is 0 Å². The molecule has 0 saturated carbocycles. The van der Waals surface area contributed by atoms with E-state index in [0.717, 1.165) is 19.6 Å². The Labute approximate surface area is 117 Å². The Kier molecular flexibility index (Phi) is 5.83. The number of hydrogen-bond acceptors (Lipinski definition) is 3. The molecular formula is C16H27N3. The van der Waals surface area contributed by atoms with Gasteiger partial charge in [0.05, 0.1) is 0 Å². The van der Waals surface area contributed by atoms with Crippen LogP contribution in [-0.4, -0.2) is 49.1 Å². The third-order valence-corrected chi connectivity index (χ3v) is 3.90. The smallest absolute Gasteiger partial charge is 0.0234 e. The van der Waals surface area contributed by atoms with E-state index in [4.69, 9.17) is 5.73 Å². The van der Waals surface area contributed by atoms with Gasteiger partial charge in [-0.1, -0.05) is 37.3 Å². The lowest BCUT2D eigenvalue weighted by atomic mass is 10.1. The molecule has 2 N–H and O–H groups in total. The van der Waals surface area contributed by atoms with Gasteiger partial charge in [-0.3, -0.25) is 4.90 Å². The van der Waals surface area contributed by atoms with Gasteiger partial charge in [-0.05, 0) is 37.5 Å². The zero-order chi connectivity index (χ0) is 13.5. The van der Waals surface area contributed by atoms with Crippen LogP contribution in [0.25, 0.3) is 0 Å². The molecule has 0 radical (unpaired) electrons. The van der Waals surface area contributed by atoms with Gasteiger partial charge in [0.15, 0.2) is 0 Å². The summed E-state index contributed by atoms with van der Waals surface area (Å²) in [7, 11) is 0. The summed E-state index contributed by atoms with van der Waals surface area (Å²) in [6, 6.07) is 10.8. The van der Waals surface area contributed by atoms with E-state index in [1.807, 2.05) is 0 Å². The fourth-order valence-corrected chi connectivity index (χ4v) is 2.72. The Hall–Kier alpha value is -0.900. The molecule has 1 saturated heterocycles. The highest BCUT2D eigenvalue weighted by Gasteiger charge is 2.16. The molecule has 3 nitrogen and oxygen atoms in total. The van der Waals surface area contributed by atoms with Gasteiger partial charge in [0.1, 0.15) is 0 Å². The molecule has 0 amide bonds. The number of rotatable bonds is 5. The van der Waals surface area contributed by atoms with Gasteiger partial charge in [0, 0.05) is 26.2 Å². The van der Waals surface area contributed by atoms with E-state index in [1.165, 1.54) is 38.2 Å². The van der Waals surface area contributed by atoms with Crippen molar-refractivity contribution < 1.29 is 0 Å². The summed E-state index contributed by atoms with van der Waals surface area (Å²) >= 11 is 0. The number of nitrogens with zero attached hydrogens (tertiary/aromatic N) is 2. The van der Waals surface area contributed by atoms with E-state index >= 15 is 0 Å². The Morgan fingerprint density at radius 2 is 1.74 bits per heavy atom. The van der Waals surface area contributed by atoms with Crippen molar-refractivity contribution in [3.8, 4) is 0 Å². The predicted octanol–water partition coefficient (Wildman–Crippen LogP) is 1.79. The summed E-state index contributed by atoms with van der Waals surface area (Å²) in [5, 5.41) is 0. The summed E-state index contributed by atoms with van der Waals surface area (Å²) in [6.07, 6.45) is 1.27. The average Bonchev–Trinajstić information content (AvgIpc) is 2.65. The van der Waals surface area contributed by atoms with Crippen molar-refractivity contribution in [1.82, 2.24) is 9.80 Å². The van der Waals surface area contributed by atoms with Gasteiger partial charge < -0.3 is 10.6 Å². The minimum atomic E-state index is 0.612. The first kappa shape index (κ1) is 14.5. The third-order valence-electron chi connectivity index (χ3n) is 3.90. The minimum Gasteiger partial charge on any atom is -0.330 e. The molecule has 0 spiro atoms. The van der Waals surface area contributed by atoms with Crippen molar-refractivity contribution in [1.29, 1.82) is 0 Å². The van der Waals surface area contributed by atoms with Gasteiger partial charge in [0.2, 0.25) is 0 Å². The number of nitrogens with two attached hydrogens (primary N) is 1. The maximum absolute atomic E-state index is 5.72. The molecule has 1 atom stereocenters. The van der Waals surface area contributed by atoms with Crippen molar-refractivity contribution >= 4 is 0 Å². The molecule has 1 heterocycles. The molecule has 1 aromatic carbocycles. The zero-order valence-electron chi connectivity index (χ0n) is 12.1. The van der Waals surface area contributed by atoms with Crippen LogP contribution in [-0.2, 0) is 6.54 Å². The average molecular weight is 261 g/mol. The lowest BCUT2D eigenvalue weighted by Gasteiger charge is -2.24. The van der Waals surface area contributed by atoms with Crippen molar-refractivity contribution in [2.24, 2.45) is 11.7 Å². The van der Waals surface area contributed by atoms with Crippen LogP contribution in [0.15, 0.2) is 30.3 Å². The molecule has 19 heavy (non-hydrogen) atoms. The van der Waals surface area contributed by atoms with Crippen molar-refractivity contribution in [2.75, 3.05) is 39.3 Å². The molecule has 1 fully saturated rings. The molecule has 1 unspecified atom stereocenters. The molecule has 3 heteroatoms. The lowest BCUT2D eigenvalue weighted by Crippen LogP contribution is -2.35. The van der Waals surface area contributed by atoms with Crippen molar-refractivity contribution in [2.45, 2.75) is 19.9 Å². The van der Waals surface area contributed by atoms with Gasteiger partial charge in [-0.25, -0.2) is 0 Å². The van der Waals surface area contributed by atoms with Crippen LogP contribution < -0.4 is 5.73 Å². The fourth-order valence-electron chi connectivity index (χ4n) is 2.72. The molecule has 1 aromatic rings. The quantitative estimate of drug-likeness (QED) is 0.877. The molecule has 1 aliphatic rings. The highest BCUT2D eigenvalue weighted by atomic mass is 15.2. The summed E-state index contributed by atoms with van der Waals surface area (Å²) in [5.41, 5.74) is 7.14. The molecule has 0 aliphatic carbocycles. The number of benzene rings is 1. The summed E-state index contributed by atoms with van der Waals surface area (Å²) in [5.74, 6) is 0.612. The standard InChI is InChI=1S/C16H27N3/c1-15(12-17)13-18-8-5-9-19(11-10-18)14-16-6-3-2-4-7-16/h2-4,6-7,15H,5,8-14,17H2,1H3. The summed E-state index contributed by atoms with van der Waals surface area (Å²) in [6.45, 7) is 10.1. The summed E-state index contributed by atoms with van der Waals surface area (Å²) < 4.78 is 0. The van der Waals surface area contributed by atoms with Crippen LogP contribution >= 0.6 is 0 Å². The second-order valence-corrected chi connectivity index (χ2v) is 5.76. The van der Waals surface area contributed by atoms with E-state index in [1.54, 1.807) is 0 Å². The van der Waals surface area contributed by atoms with E-state index in [-0.39, 0.29) is 0 Å². The lowest BCUT2D eigenvalue weighted by molar-refractivity contribution is 0.232. The first-order valence-electron chi connectivity index (χ1n) is 7.46. The van der Waals surface area contributed by atoms with Crippen LogP contribution in [0.2, 0.25) is 0 Å². The molecule has 2 rings (SSSR count). The Morgan fingerprint density at radius 1 is 1.05 bits per heavy atom. The van der Waals surface area contributed by atoms with Crippen LogP contribution in [0.3, 0.4) is 0 Å². The van der Waals surface area contributed by atoms with E-state index in [0.29, 0.717) is 5.92 Å². The normalized spacial score (nSPS) is 20.1. The molecule has 106 valence electrons. The topological polar surface area (TPSA) is 32.5 Å². The van der Waals surface area contributed by atoms with E-state index in [2.05, 4.69) is 47.1 Å². The fraction of sp³-hybridized carbons (Fsp3) is 0.625. The Balaban J connectivity index is 1.80. The Morgan fingerprint density at radius 3 is 2.47 bits per heavy atom. The van der Waals surface area contributed by atoms with Gasteiger partial charge in [-0.15, -0.1) is 0 Å². The predicted molar refractivity (Wildman–Crippen MR) is 81.0 cm³/mol. The Bertz CT molecular complexity index is 352. The maximum atomic E-state index is 5.72. The van der Waals surface area contributed by atoms with Crippen LogP contribution in [0.4, 0.5) is 0 Å². The molecule has 0 bridgehead atoms. The first-order chi connectivity index (χ1) is 9.28. The minimum absolute atomic E-state index is 0.612. The maximum Gasteiger partial charge on any atom is 0.0234 e. The monoisotopic (exact) mass is 261 g/mol. The van der Waals surface area contributed by atoms with E-state index < -0.39 is 0 Å². The first-order valence-corrected chi connectivity index (χ1v) is 7.46.